The number of amides is 1. The number of furan rings is 1. The maximum absolute atomic E-state index is 13.7. The second kappa shape index (κ2) is 7.77. The fraction of sp³-hybridized carbons (Fsp3) is 0.286. The van der Waals surface area contributed by atoms with Gasteiger partial charge >= 0.3 is 0 Å². The zero-order valence-electron chi connectivity index (χ0n) is 16.5. The molecule has 4 N–H and O–H groups in total. The Bertz CT molecular complexity index is 1330. The number of sulfonamides is 1. The highest BCUT2D eigenvalue weighted by molar-refractivity contribution is 7.94. The summed E-state index contributed by atoms with van der Waals surface area (Å²) in [5.41, 5.74) is 6.10. The molecule has 0 saturated heterocycles. The Morgan fingerprint density at radius 3 is 2.23 bits per heavy atom. The van der Waals surface area contributed by atoms with Gasteiger partial charge in [0.05, 0.1) is 10.1 Å². The van der Waals surface area contributed by atoms with E-state index in [2.05, 4.69) is 0 Å². The van der Waals surface area contributed by atoms with Crippen LogP contribution in [0.4, 0.5) is 0 Å². The molecule has 3 unspecified atom stereocenters. The SMILES string of the molecule is NC(=O)C1CCC(c2cc3ccccc3o2)C(S(=O)(=O)c2ccccc2S(N)(=O)=O)C1. The average Bonchev–Trinajstić information content (AvgIpc) is 3.17. The maximum Gasteiger partial charge on any atom is 0.239 e. The van der Waals surface area contributed by atoms with Gasteiger partial charge in [0.25, 0.3) is 0 Å². The first-order chi connectivity index (χ1) is 14.6. The van der Waals surface area contributed by atoms with Crippen molar-refractivity contribution in [2.75, 3.05) is 0 Å². The van der Waals surface area contributed by atoms with E-state index >= 15 is 0 Å². The quantitative estimate of drug-likeness (QED) is 0.594. The summed E-state index contributed by atoms with van der Waals surface area (Å²) in [6.07, 6.45) is 0.743. The van der Waals surface area contributed by atoms with E-state index in [9.17, 15) is 21.6 Å². The summed E-state index contributed by atoms with van der Waals surface area (Å²) >= 11 is 0. The number of carbonyl (C=O) groups excluding carboxylic acids is 1. The zero-order chi connectivity index (χ0) is 22.4. The van der Waals surface area contributed by atoms with E-state index in [1.807, 2.05) is 18.2 Å². The molecule has 10 heteroatoms. The van der Waals surface area contributed by atoms with Gasteiger partial charge in [-0.1, -0.05) is 30.3 Å². The van der Waals surface area contributed by atoms with Crippen LogP contribution in [0.3, 0.4) is 0 Å². The van der Waals surface area contributed by atoms with Crippen LogP contribution in [-0.2, 0) is 24.7 Å². The molecule has 164 valence electrons. The number of primary amides is 1. The molecule has 2 aromatic carbocycles. The summed E-state index contributed by atoms with van der Waals surface area (Å²) in [7, 11) is -8.49. The Morgan fingerprint density at radius 2 is 1.58 bits per heavy atom. The van der Waals surface area contributed by atoms with Crippen LogP contribution in [0.1, 0.15) is 30.9 Å². The van der Waals surface area contributed by atoms with Gasteiger partial charge in [0, 0.05) is 17.2 Å². The molecule has 1 fully saturated rings. The lowest BCUT2D eigenvalue weighted by molar-refractivity contribution is -0.122. The Hall–Kier alpha value is -2.69. The summed E-state index contributed by atoms with van der Waals surface area (Å²) in [6, 6.07) is 14.3. The number of hydrogen-bond acceptors (Lipinski definition) is 6. The minimum Gasteiger partial charge on any atom is -0.461 e. The summed E-state index contributed by atoms with van der Waals surface area (Å²) in [5.74, 6) is -1.31. The molecule has 1 aliphatic carbocycles. The molecule has 8 nitrogen and oxygen atoms in total. The Kier molecular flexibility index (Phi) is 5.40. The van der Waals surface area contributed by atoms with Crippen LogP contribution in [-0.4, -0.2) is 28.0 Å². The summed E-state index contributed by atoms with van der Waals surface area (Å²) in [6.45, 7) is 0. The summed E-state index contributed by atoms with van der Waals surface area (Å²) < 4.78 is 57.4. The Morgan fingerprint density at radius 1 is 0.935 bits per heavy atom. The monoisotopic (exact) mass is 462 g/mol. The number of fused-ring (bicyclic) bond motifs is 1. The molecular weight excluding hydrogens is 440 g/mol. The van der Waals surface area contributed by atoms with E-state index in [-0.39, 0.29) is 11.3 Å². The van der Waals surface area contributed by atoms with E-state index in [0.717, 1.165) is 11.5 Å². The van der Waals surface area contributed by atoms with Crippen molar-refractivity contribution in [1.29, 1.82) is 0 Å². The topological polar surface area (TPSA) is 151 Å². The van der Waals surface area contributed by atoms with Gasteiger partial charge < -0.3 is 10.2 Å². The molecular formula is C21H22N2O6S2. The molecule has 1 aliphatic rings. The van der Waals surface area contributed by atoms with Crippen molar-refractivity contribution in [3.63, 3.8) is 0 Å². The maximum atomic E-state index is 13.7. The van der Waals surface area contributed by atoms with Gasteiger partial charge in [-0.15, -0.1) is 0 Å². The van der Waals surface area contributed by atoms with Crippen LogP contribution in [0.2, 0.25) is 0 Å². The first-order valence-corrected chi connectivity index (χ1v) is 12.8. The Labute approximate surface area is 180 Å². The predicted octanol–water partition coefficient (Wildman–Crippen LogP) is 2.29. The third kappa shape index (κ3) is 3.98. The molecule has 0 bridgehead atoms. The highest BCUT2D eigenvalue weighted by Gasteiger charge is 2.44. The zero-order valence-corrected chi connectivity index (χ0v) is 18.1. The molecule has 1 saturated carbocycles. The lowest BCUT2D eigenvalue weighted by Gasteiger charge is -2.33. The van der Waals surface area contributed by atoms with Gasteiger partial charge in [0.15, 0.2) is 9.84 Å². The number of benzene rings is 2. The third-order valence-electron chi connectivity index (χ3n) is 5.86. The second-order valence-electron chi connectivity index (χ2n) is 7.78. The number of rotatable bonds is 5. The largest absolute Gasteiger partial charge is 0.461 e. The highest BCUT2D eigenvalue weighted by Crippen LogP contribution is 2.44. The van der Waals surface area contributed by atoms with Crippen molar-refractivity contribution in [2.45, 2.75) is 40.2 Å². The fourth-order valence-corrected chi connectivity index (χ4v) is 7.77. The molecule has 1 amide bonds. The molecule has 0 aliphatic heterocycles. The second-order valence-corrected chi connectivity index (χ2v) is 11.4. The van der Waals surface area contributed by atoms with Gasteiger partial charge in [-0.3, -0.25) is 4.79 Å². The molecule has 1 heterocycles. The number of hydrogen-bond donors (Lipinski definition) is 2. The average molecular weight is 463 g/mol. The fourth-order valence-electron chi connectivity index (χ4n) is 4.32. The van der Waals surface area contributed by atoms with Gasteiger partial charge in [0.2, 0.25) is 15.9 Å². The van der Waals surface area contributed by atoms with Crippen LogP contribution in [0, 0.1) is 5.92 Å². The van der Waals surface area contributed by atoms with E-state index in [0.29, 0.717) is 24.2 Å². The van der Waals surface area contributed by atoms with E-state index in [4.69, 9.17) is 15.3 Å². The molecule has 1 aromatic heterocycles. The highest BCUT2D eigenvalue weighted by atomic mass is 32.2. The van der Waals surface area contributed by atoms with Crippen molar-refractivity contribution in [3.8, 4) is 0 Å². The lowest BCUT2D eigenvalue weighted by Crippen LogP contribution is -2.39. The standard InChI is InChI=1S/C21H22N2O6S2/c22-21(24)14-9-10-15(17-11-13-5-1-2-6-16(13)29-17)20(12-14)30(25,26)18-7-3-4-8-19(18)31(23,27)28/h1-8,11,14-15,20H,9-10,12H2,(H2,22,24)(H2,23,27,28). The molecule has 3 aromatic rings. The van der Waals surface area contributed by atoms with E-state index in [1.165, 1.54) is 18.2 Å². The summed E-state index contributed by atoms with van der Waals surface area (Å²) in [4.78, 5) is 11.0. The molecule has 31 heavy (non-hydrogen) atoms. The number of para-hydroxylation sites is 1. The van der Waals surface area contributed by atoms with Gasteiger partial charge in [-0.25, -0.2) is 22.0 Å². The van der Waals surface area contributed by atoms with Crippen molar-refractivity contribution in [1.82, 2.24) is 0 Å². The van der Waals surface area contributed by atoms with Crippen molar-refractivity contribution < 1.29 is 26.0 Å². The predicted molar refractivity (Wildman–Crippen MR) is 114 cm³/mol. The van der Waals surface area contributed by atoms with Crippen LogP contribution >= 0.6 is 0 Å². The minimum atomic E-state index is -4.28. The number of primary sulfonamides is 1. The molecule has 4 rings (SSSR count). The van der Waals surface area contributed by atoms with Crippen LogP contribution in [0.5, 0.6) is 0 Å². The van der Waals surface area contributed by atoms with Crippen LogP contribution in [0.25, 0.3) is 11.0 Å². The van der Waals surface area contributed by atoms with E-state index < -0.39 is 47.7 Å². The number of carbonyl (C=O) groups is 1. The Balaban J connectivity index is 1.85. The smallest absolute Gasteiger partial charge is 0.239 e. The van der Waals surface area contributed by atoms with Crippen molar-refractivity contribution >= 4 is 36.7 Å². The third-order valence-corrected chi connectivity index (χ3v) is 9.25. The summed E-state index contributed by atoms with van der Waals surface area (Å²) in [5, 5.41) is 5.01. The lowest BCUT2D eigenvalue weighted by atomic mass is 9.80. The number of nitrogens with two attached hydrogens (primary N) is 2. The van der Waals surface area contributed by atoms with Crippen molar-refractivity contribution in [3.05, 3.63) is 60.4 Å². The van der Waals surface area contributed by atoms with E-state index in [1.54, 1.807) is 12.1 Å². The van der Waals surface area contributed by atoms with Gasteiger partial charge in [-0.2, -0.15) is 0 Å². The van der Waals surface area contributed by atoms with Gasteiger partial charge in [0.1, 0.15) is 16.2 Å². The molecule has 0 radical (unpaired) electrons. The van der Waals surface area contributed by atoms with Crippen molar-refractivity contribution in [2.24, 2.45) is 16.8 Å². The molecule has 0 spiro atoms. The molecule has 3 atom stereocenters. The van der Waals surface area contributed by atoms with Gasteiger partial charge in [-0.05, 0) is 43.5 Å². The van der Waals surface area contributed by atoms with Crippen LogP contribution in [0.15, 0.2) is 68.8 Å². The minimum absolute atomic E-state index is 0.0294. The number of sulfone groups is 1. The first-order valence-electron chi connectivity index (χ1n) is 9.72. The van der Waals surface area contributed by atoms with Crippen LogP contribution < -0.4 is 10.9 Å². The normalized spacial score (nSPS) is 22.4. The first kappa shape index (κ1) is 21.5.